The highest BCUT2D eigenvalue weighted by atomic mass is 19.1. The van der Waals surface area contributed by atoms with Crippen LogP contribution < -0.4 is 5.32 Å². The van der Waals surface area contributed by atoms with Gasteiger partial charge in [-0.3, -0.25) is 0 Å². The van der Waals surface area contributed by atoms with E-state index in [1.54, 1.807) is 18.2 Å². The first kappa shape index (κ1) is 10.4. The van der Waals surface area contributed by atoms with E-state index in [2.05, 4.69) is 10.3 Å². The number of aromatic hydroxyl groups is 1. The molecular formula is C12H11FN2O. The number of aromatic nitrogens is 1. The lowest BCUT2D eigenvalue weighted by atomic mass is 10.2. The molecule has 0 atom stereocenters. The van der Waals surface area contributed by atoms with E-state index in [-0.39, 0.29) is 11.6 Å². The van der Waals surface area contributed by atoms with Crippen molar-refractivity contribution >= 4 is 5.82 Å². The number of benzene rings is 1. The molecule has 0 amide bonds. The lowest BCUT2D eigenvalue weighted by molar-refractivity contribution is 0.469. The maximum atomic E-state index is 13.2. The second-order valence-electron chi connectivity index (χ2n) is 3.32. The molecule has 4 heteroatoms. The molecule has 0 aliphatic rings. The molecule has 0 saturated heterocycles. The number of para-hydroxylation sites is 1. The predicted molar refractivity (Wildman–Crippen MR) is 59.6 cm³/mol. The van der Waals surface area contributed by atoms with E-state index in [1.807, 2.05) is 6.07 Å². The van der Waals surface area contributed by atoms with Gasteiger partial charge in [-0.2, -0.15) is 0 Å². The number of rotatable bonds is 3. The third-order valence-corrected chi connectivity index (χ3v) is 2.20. The van der Waals surface area contributed by atoms with Crippen LogP contribution >= 0.6 is 0 Å². The Morgan fingerprint density at radius 1 is 1.19 bits per heavy atom. The Bertz CT molecular complexity index is 442. The fraction of sp³-hybridized carbons (Fsp3) is 0.0833. The van der Waals surface area contributed by atoms with Crippen LogP contribution in [0.2, 0.25) is 0 Å². The summed E-state index contributed by atoms with van der Waals surface area (Å²) in [5.74, 6) is -0.0324. The zero-order chi connectivity index (χ0) is 11.4. The molecule has 3 nitrogen and oxygen atoms in total. The Labute approximate surface area is 92.6 Å². The molecule has 1 heterocycles. The van der Waals surface area contributed by atoms with Gasteiger partial charge in [0.2, 0.25) is 0 Å². The van der Waals surface area contributed by atoms with Crippen molar-refractivity contribution in [1.82, 2.24) is 4.98 Å². The molecule has 82 valence electrons. The quantitative estimate of drug-likeness (QED) is 0.832. The maximum absolute atomic E-state index is 13.2. The van der Waals surface area contributed by atoms with Crippen molar-refractivity contribution in [2.45, 2.75) is 6.54 Å². The number of hydrogen-bond donors (Lipinski definition) is 2. The van der Waals surface area contributed by atoms with Crippen LogP contribution in [0.5, 0.6) is 5.75 Å². The molecular weight excluding hydrogens is 207 g/mol. The van der Waals surface area contributed by atoms with E-state index in [4.69, 9.17) is 0 Å². The van der Waals surface area contributed by atoms with Crippen LogP contribution in [0, 0.1) is 5.82 Å². The Morgan fingerprint density at radius 2 is 2.00 bits per heavy atom. The monoisotopic (exact) mass is 218 g/mol. The number of phenols is 1. The van der Waals surface area contributed by atoms with Crippen LogP contribution in [0.3, 0.4) is 0 Å². The van der Waals surface area contributed by atoms with Gasteiger partial charge in [-0.05, 0) is 18.2 Å². The van der Waals surface area contributed by atoms with Crippen molar-refractivity contribution in [3.8, 4) is 5.75 Å². The molecule has 0 aliphatic carbocycles. The first-order valence-electron chi connectivity index (χ1n) is 4.88. The third-order valence-electron chi connectivity index (χ3n) is 2.20. The van der Waals surface area contributed by atoms with E-state index >= 15 is 0 Å². The van der Waals surface area contributed by atoms with Gasteiger partial charge < -0.3 is 10.4 Å². The third kappa shape index (κ3) is 2.28. The average molecular weight is 218 g/mol. The molecule has 2 rings (SSSR count). The number of pyridine rings is 1. The molecule has 2 aromatic rings. The van der Waals surface area contributed by atoms with Crippen molar-refractivity contribution in [2.75, 3.05) is 5.32 Å². The minimum atomic E-state index is -0.405. The molecule has 16 heavy (non-hydrogen) atoms. The molecule has 0 unspecified atom stereocenters. The van der Waals surface area contributed by atoms with E-state index in [9.17, 15) is 9.50 Å². The van der Waals surface area contributed by atoms with Gasteiger partial charge in [0.15, 0.2) is 11.6 Å². The van der Waals surface area contributed by atoms with Gasteiger partial charge in [0, 0.05) is 18.3 Å². The normalized spacial score (nSPS) is 10.1. The lowest BCUT2D eigenvalue weighted by Gasteiger charge is -2.07. The highest BCUT2D eigenvalue weighted by molar-refractivity contribution is 5.39. The summed E-state index contributed by atoms with van der Waals surface area (Å²) >= 11 is 0. The summed E-state index contributed by atoms with van der Waals surface area (Å²) in [5.41, 5.74) is 0.701. The summed E-state index contributed by atoms with van der Waals surface area (Å²) in [6, 6.07) is 9.77. The number of halogens is 1. The largest absolute Gasteiger partial charge is 0.508 e. The summed E-state index contributed by atoms with van der Waals surface area (Å²) < 4.78 is 13.2. The van der Waals surface area contributed by atoms with Crippen molar-refractivity contribution in [3.05, 3.63) is 54.0 Å². The summed E-state index contributed by atoms with van der Waals surface area (Å²) in [4.78, 5) is 3.86. The molecule has 0 radical (unpaired) electrons. The van der Waals surface area contributed by atoms with Gasteiger partial charge >= 0.3 is 0 Å². The minimum absolute atomic E-state index is 0.186. The number of nitrogens with one attached hydrogen (secondary N) is 1. The molecule has 0 saturated carbocycles. The van der Waals surface area contributed by atoms with Crippen LogP contribution in [0.4, 0.5) is 10.2 Å². The molecule has 1 aromatic heterocycles. The van der Waals surface area contributed by atoms with Crippen LogP contribution in [0.25, 0.3) is 0 Å². The second-order valence-corrected chi connectivity index (χ2v) is 3.32. The van der Waals surface area contributed by atoms with Gasteiger partial charge in [-0.15, -0.1) is 0 Å². The van der Waals surface area contributed by atoms with E-state index < -0.39 is 5.82 Å². The topological polar surface area (TPSA) is 45.1 Å². The van der Waals surface area contributed by atoms with Crippen molar-refractivity contribution < 1.29 is 9.50 Å². The number of anilines is 1. The van der Waals surface area contributed by atoms with Crippen molar-refractivity contribution in [2.24, 2.45) is 0 Å². The van der Waals surface area contributed by atoms with Gasteiger partial charge in [0.25, 0.3) is 0 Å². The SMILES string of the molecule is Oc1ccccc1CNc1ncccc1F. The Hall–Kier alpha value is -2.10. The smallest absolute Gasteiger partial charge is 0.165 e. The average Bonchev–Trinajstić information content (AvgIpc) is 2.30. The Kier molecular flexibility index (Phi) is 3.00. The molecule has 0 fully saturated rings. The van der Waals surface area contributed by atoms with Crippen molar-refractivity contribution in [3.63, 3.8) is 0 Å². The summed E-state index contributed by atoms with van der Waals surface area (Å²) in [7, 11) is 0. The Balaban J connectivity index is 2.09. The fourth-order valence-corrected chi connectivity index (χ4v) is 1.36. The molecule has 0 aliphatic heterocycles. The van der Waals surface area contributed by atoms with Gasteiger partial charge in [-0.1, -0.05) is 18.2 Å². The highest BCUT2D eigenvalue weighted by Gasteiger charge is 2.03. The standard InChI is InChI=1S/C12H11FN2O/c13-10-5-3-7-14-12(10)15-8-9-4-1-2-6-11(9)16/h1-7,16H,8H2,(H,14,15). The highest BCUT2D eigenvalue weighted by Crippen LogP contribution is 2.17. The predicted octanol–water partition coefficient (Wildman–Crippen LogP) is 2.54. The molecule has 2 N–H and O–H groups in total. The molecule has 0 bridgehead atoms. The van der Waals surface area contributed by atoms with E-state index in [0.29, 0.717) is 12.1 Å². The zero-order valence-electron chi connectivity index (χ0n) is 8.52. The van der Waals surface area contributed by atoms with E-state index in [1.165, 1.54) is 18.3 Å². The lowest BCUT2D eigenvalue weighted by Crippen LogP contribution is -2.03. The van der Waals surface area contributed by atoms with Crippen LogP contribution in [-0.2, 0) is 6.54 Å². The fourth-order valence-electron chi connectivity index (χ4n) is 1.36. The number of phenolic OH excluding ortho intramolecular Hbond substituents is 1. The molecule has 0 spiro atoms. The summed E-state index contributed by atoms with van der Waals surface area (Å²) in [6.45, 7) is 0.334. The van der Waals surface area contributed by atoms with Gasteiger partial charge in [0.1, 0.15) is 5.75 Å². The second kappa shape index (κ2) is 4.61. The minimum Gasteiger partial charge on any atom is -0.508 e. The van der Waals surface area contributed by atoms with E-state index in [0.717, 1.165) is 0 Å². The van der Waals surface area contributed by atoms with Crippen LogP contribution in [0.15, 0.2) is 42.6 Å². The van der Waals surface area contributed by atoms with Crippen LogP contribution in [0.1, 0.15) is 5.56 Å². The number of nitrogens with zero attached hydrogens (tertiary/aromatic N) is 1. The maximum Gasteiger partial charge on any atom is 0.165 e. The summed E-state index contributed by atoms with van der Waals surface area (Å²) in [5, 5.41) is 12.3. The number of hydrogen-bond acceptors (Lipinski definition) is 3. The summed E-state index contributed by atoms with van der Waals surface area (Å²) in [6.07, 6.45) is 1.51. The van der Waals surface area contributed by atoms with Gasteiger partial charge in [0.05, 0.1) is 0 Å². The first-order valence-corrected chi connectivity index (χ1v) is 4.88. The van der Waals surface area contributed by atoms with Crippen LogP contribution in [-0.4, -0.2) is 10.1 Å². The zero-order valence-corrected chi connectivity index (χ0v) is 8.52. The Morgan fingerprint density at radius 3 is 2.75 bits per heavy atom. The molecule has 1 aromatic carbocycles. The van der Waals surface area contributed by atoms with Crippen molar-refractivity contribution in [1.29, 1.82) is 0 Å². The van der Waals surface area contributed by atoms with Gasteiger partial charge in [-0.25, -0.2) is 9.37 Å². The first-order chi connectivity index (χ1) is 7.77.